The molecule has 1 saturated carbocycles. The molecule has 206 valence electrons. The average molecular weight is 518 g/mol. The smallest absolute Gasteiger partial charge is 0.408 e. The molecule has 2 rings (SSSR count). The molecule has 1 aliphatic carbocycles. The third-order valence-corrected chi connectivity index (χ3v) is 6.29. The molecule has 0 radical (unpaired) electrons. The molecule has 3 unspecified atom stereocenters. The molecule has 0 bridgehead atoms. The van der Waals surface area contributed by atoms with Crippen LogP contribution in [-0.4, -0.2) is 59.6 Å². The molecule has 0 spiro atoms. The molecule has 0 saturated heterocycles. The van der Waals surface area contributed by atoms with Gasteiger partial charge in [-0.2, -0.15) is 0 Å². The Bertz CT molecular complexity index is 953. The van der Waals surface area contributed by atoms with Crippen molar-refractivity contribution in [2.45, 2.75) is 97.9 Å². The zero-order chi connectivity index (χ0) is 27.8. The minimum Gasteiger partial charge on any atom is -0.466 e. The van der Waals surface area contributed by atoms with E-state index in [9.17, 15) is 19.2 Å². The van der Waals surface area contributed by atoms with Crippen molar-refractivity contribution >= 4 is 23.9 Å². The second kappa shape index (κ2) is 13.4. The van der Waals surface area contributed by atoms with Crippen molar-refractivity contribution in [2.24, 2.45) is 5.92 Å². The summed E-state index contributed by atoms with van der Waals surface area (Å²) in [5, 5.41) is 5.60. The van der Waals surface area contributed by atoms with Crippen molar-refractivity contribution in [1.29, 1.82) is 0 Å². The zero-order valence-electron chi connectivity index (χ0n) is 23.3. The Morgan fingerprint density at radius 1 is 1.11 bits per heavy atom. The SMILES string of the molecule is CCOC(=O)CCNC(=O)C(c1ccccc1C)N(C(=O)C(NC(=O)OC(C)(C)C)C(C)CC)C1CC1. The molecule has 0 aliphatic heterocycles. The first-order valence-corrected chi connectivity index (χ1v) is 13.2. The summed E-state index contributed by atoms with van der Waals surface area (Å²) in [7, 11) is 0. The Kier molecular flexibility index (Phi) is 10.9. The third kappa shape index (κ3) is 9.05. The Hall–Kier alpha value is -3.10. The fraction of sp³-hybridized carbons (Fsp3) is 0.643. The molecule has 3 amide bonds. The highest BCUT2D eigenvalue weighted by Crippen LogP contribution is 2.37. The van der Waals surface area contributed by atoms with E-state index in [-0.39, 0.29) is 43.3 Å². The molecule has 9 heteroatoms. The van der Waals surface area contributed by atoms with E-state index in [4.69, 9.17) is 9.47 Å². The summed E-state index contributed by atoms with van der Waals surface area (Å²) in [6.07, 6.45) is 1.54. The quantitative estimate of drug-likeness (QED) is 0.405. The molecule has 1 aromatic rings. The van der Waals surface area contributed by atoms with E-state index < -0.39 is 29.7 Å². The normalized spacial score (nSPS) is 15.6. The van der Waals surface area contributed by atoms with Crippen LogP contribution in [0.15, 0.2) is 24.3 Å². The van der Waals surface area contributed by atoms with Gasteiger partial charge in [0.2, 0.25) is 11.8 Å². The van der Waals surface area contributed by atoms with Gasteiger partial charge in [0.25, 0.3) is 0 Å². The van der Waals surface area contributed by atoms with Crippen LogP contribution in [0.5, 0.6) is 0 Å². The Labute approximate surface area is 220 Å². The predicted octanol–water partition coefficient (Wildman–Crippen LogP) is 4.04. The highest BCUT2D eigenvalue weighted by atomic mass is 16.6. The Balaban J connectivity index is 2.40. The minimum absolute atomic E-state index is 0.0349. The molecule has 2 N–H and O–H groups in total. The molecule has 37 heavy (non-hydrogen) atoms. The monoisotopic (exact) mass is 517 g/mol. The summed E-state index contributed by atoms with van der Waals surface area (Å²) < 4.78 is 10.4. The lowest BCUT2D eigenvalue weighted by Crippen LogP contribution is -2.56. The number of aryl methyl sites for hydroxylation is 1. The predicted molar refractivity (Wildman–Crippen MR) is 141 cm³/mol. The molecule has 3 atom stereocenters. The van der Waals surface area contributed by atoms with Crippen molar-refractivity contribution in [3.63, 3.8) is 0 Å². The van der Waals surface area contributed by atoms with Crippen LogP contribution in [0.1, 0.15) is 84.4 Å². The van der Waals surface area contributed by atoms with Crippen LogP contribution in [0.2, 0.25) is 0 Å². The maximum absolute atomic E-state index is 14.1. The van der Waals surface area contributed by atoms with Gasteiger partial charge in [0.15, 0.2) is 0 Å². The molecule has 0 heterocycles. The standard InChI is InChI=1S/C28H43N3O6/c1-8-18(3)23(30-27(35)37-28(5,6)7)26(34)31(20-14-15-20)24(21-13-11-10-12-19(21)4)25(33)29-17-16-22(32)36-9-2/h10-13,18,20,23-24H,8-9,14-17H2,1-7H3,(H,29,33)(H,30,35). The van der Waals surface area contributed by atoms with Gasteiger partial charge in [-0.1, -0.05) is 44.5 Å². The summed E-state index contributed by atoms with van der Waals surface area (Å²) in [4.78, 5) is 53.8. The lowest BCUT2D eigenvalue weighted by Gasteiger charge is -2.36. The zero-order valence-corrected chi connectivity index (χ0v) is 23.3. The van der Waals surface area contributed by atoms with Gasteiger partial charge in [-0.3, -0.25) is 14.4 Å². The number of hydrogen-bond acceptors (Lipinski definition) is 6. The number of nitrogens with zero attached hydrogens (tertiary/aromatic N) is 1. The Morgan fingerprint density at radius 3 is 2.30 bits per heavy atom. The van der Waals surface area contributed by atoms with E-state index in [1.54, 1.807) is 32.6 Å². The lowest BCUT2D eigenvalue weighted by atomic mass is 9.94. The fourth-order valence-electron chi connectivity index (χ4n) is 4.08. The maximum Gasteiger partial charge on any atom is 0.408 e. The molecule has 1 aliphatic rings. The topological polar surface area (TPSA) is 114 Å². The molecule has 0 aromatic heterocycles. The number of ether oxygens (including phenoxy) is 2. The van der Waals surface area contributed by atoms with E-state index in [1.807, 2.05) is 45.0 Å². The molecule has 1 fully saturated rings. The van der Waals surface area contributed by atoms with Crippen LogP contribution in [0.25, 0.3) is 0 Å². The second-order valence-electron chi connectivity index (χ2n) is 10.6. The second-order valence-corrected chi connectivity index (χ2v) is 10.6. The number of carbonyl (C=O) groups is 4. The van der Waals surface area contributed by atoms with E-state index in [0.717, 1.165) is 18.4 Å². The van der Waals surface area contributed by atoms with Crippen LogP contribution in [0, 0.1) is 12.8 Å². The number of amides is 3. The van der Waals surface area contributed by atoms with Crippen molar-refractivity contribution in [3.05, 3.63) is 35.4 Å². The largest absolute Gasteiger partial charge is 0.466 e. The number of alkyl carbamates (subject to hydrolysis) is 1. The van der Waals surface area contributed by atoms with Crippen LogP contribution < -0.4 is 10.6 Å². The summed E-state index contributed by atoms with van der Waals surface area (Å²) in [5.41, 5.74) is 0.856. The molecule has 1 aromatic carbocycles. The van der Waals surface area contributed by atoms with Crippen LogP contribution >= 0.6 is 0 Å². The van der Waals surface area contributed by atoms with Gasteiger partial charge in [0, 0.05) is 12.6 Å². The van der Waals surface area contributed by atoms with Crippen molar-refractivity contribution < 1.29 is 28.7 Å². The first-order valence-electron chi connectivity index (χ1n) is 13.2. The van der Waals surface area contributed by atoms with Gasteiger partial charge < -0.3 is 25.0 Å². The van der Waals surface area contributed by atoms with Crippen LogP contribution in [0.4, 0.5) is 4.79 Å². The molecular weight excluding hydrogens is 474 g/mol. The Morgan fingerprint density at radius 2 is 1.76 bits per heavy atom. The summed E-state index contributed by atoms with van der Waals surface area (Å²) in [6, 6.07) is 5.56. The van der Waals surface area contributed by atoms with Gasteiger partial charge in [-0.15, -0.1) is 0 Å². The van der Waals surface area contributed by atoms with E-state index in [2.05, 4.69) is 10.6 Å². The fourth-order valence-corrected chi connectivity index (χ4v) is 4.08. The lowest BCUT2D eigenvalue weighted by molar-refractivity contribution is -0.145. The van der Waals surface area contributed by atoms with Crippen LogP contribution in [-0.2, 0) is 23.9 Å². The van der Waals surface area contributed by atoms with Crippen molar-refractivity contribution in [2.75, 3.05) is 13.2 Å². The molecule has 9 nitrogen and oxygen atoms in total. The van der Waals surface area contributed by atoms with Gasteiger partial charge in [-0.25, -0.2) is 4.79 Å². The van der Waals surface area contributed by atoms with Gasteiger partial charge in [0.05, 0.1) is 13.0 Å². The number of rotatable bonds is 12. The number of benzene rings is 1. The van der Waals surface area contributed by atoms with Gasteiger partial charge in [0.1, 0.15) is 17.7 Å². The number of esters is 1. The summed E-state index contributed by atoms with van der Waals surface area (Å²) >= 11 is 0. The number of carbonyl (C=O) groups excluding carboxylic acids is 4. The van der Waals surface area contributed by atoms with Gasteiger partial charge in [-0.05, 0) is 64.5 Å². The molecular formula is C28H43N3O6. The van der Waals surface area contributed by atoms with E-state index in [1.165, 1.54) is 0 Å². The summed E-state index contributed by atoms with van der Waals surface area (Å²) in [5.74, 6) is -1.29. The highest BCUT2D eigenvalue weighted by Gasteiger charge is 2.45. The number of hydrogen-bond donors (Lipinski definition) is 2. The van der Waals surface area contributed by atoms with Crippen molar-refractivity contribution in [3.8, 4) is 0 Å². The minimum atomic E-state index is -0.907. The van der Waals surface area contributed by atoms with Gasteiger partial charge >= 0.3 is 12.1 Å². The highest BCUT2D eigenvalue weighted by molar-refractivity contribution is 5.93. The number of nitrogens with one attached hydrogen (secondary N) is 2. The van der Waals surface area contributed by atoms with Crippen molar-refractivity contribution in [1.82, 2.24) is 15.5 Å². The first-order chi connectivity index (χ1) is 17.4. The first kappa shape index (κ1) is 30.1. The maximum atomic E-state index is 14.1. The van der Waals surface area contributed by atoms with E-state index >= 15 is 0 Å². The average Bonchev–Trinajstić information content (AvgIpc) is 3.64. The van der Waals surface area contributed by atoms with Crippen LogP contribution in [0.3, 0.4) is 0 Å². The third-order valence-electron chi connectivity index (χ3n) is 6.29. The summed E-state index contributed by atoms with van der Waals surface area (Å²) in [6.45, 7) is 13.1. The van der Waals surface area contributed by atoms with E-state index in [0.29, 0.717) is 12.0 Å².